The molecule has 0 saturated carbocycles. The smallest absolute Gasteiger partial charge is 0.165 e. The molecule has 0 atom stereocenters. The lowest BCUT2D eigenvalue weighted by atomic mass is 10.2. The molecular weight excluding hydrogens is 278 g/mol. The Kier molecular flexibility index (Phi) is 2.89. The Hall–Kier alpha value is -3.08. The van der Waals surface area contributed by atoms with Crippen molar-refractivity contribution in [2.24, 2.45) is 0 Å². The zero-order valence-corrected chi connectivity index (χ0v) is 11.9. The number of benzene rings is 1. The molecular formula is C17H13N3O2. The number of fused-ring (bicyclic) bond motifs is 3. The van der Waals surface area contributed by atoms with Gasteiger partial charge in [0, 0.05) is 29.5 Å². The maximum Gasteiger partial charge on any atom is 0.165 e. The van der Waals surface area contributed by atoms with Crippen molar-refractivity contribution in [1.82, 2.24) is 9.97 Å². The zero-order chi connectivity index (χ0) is 14.9. The van der Waals surface area contributed by atoms with E-state index in [1.165, 1.54) is 0 Å². The molecule has 22 heavy (non-hydrogen) atoms. The number of hydrogen-bond donors (Lipinski definition) is 1. The van der Waals surface area contributed by atoms with Crippen molar-refractivity contribution in [3.8, 4) is 5.75 Å². The molecule has 0 spiro atoms. The van der Waals surface area contributed by atoms with Gasteiger partial charge in [-0.1, -0.05) is 6.07 Å². The standard InChI is InChI=1S/C17H13N3O2/c1-21-13-4-2-3-12(9-13)20-14-5-7-18-17-15(14)16-11(10-19-17)6-8-22-16/h2-10H,1H3,(H,18,19,20). The van der Waals surface area contributed by atoms with Crippen LogP contribution in [0, 0.1) is 0 Å². The average Bonchev–Trinajstić information content (AvgIpc) is 3.04. The lowest BCUT2D eigenvalue weighted by Gasteiger charge is -2.10. The van der Waals surface area contributed by atoms with Crippen LogP contribution in [0.5, 0.6) is 5.75 Å². The van der Waals surface area contributed by atoms with Crippen molar-refractivity contribution in [3.05, 3.63) is 55.1 Å². The highest BCUT2D eigenvalue weighted by molar-refractivity contribution is 6.08. The highest BCUT2D eigenvalue weighted by atomic mass is 16.5. The van der Waals surface area contributed by atoms with Gasteiger partial charge < -0.3 is 14.5 Å². The number of aromatic nitrogens is 2. The first-order valence-corrected chi connectivity index (χ1v) is 6.87. The van der Waals surface area contributed by atoms with Gasteiger partial charge >= 0.3 is 0 Å². The Morgan fingerprint density at radius 1 is 1.14 bits per heavy atom. The van der Waals surface area contributed by atoms with E-state index in [0.29, 0.717) is 5.65 Å². The van der Waals surface area contributed by atoms with E-state index in [-0.39, 0.29) is 0 Å². The lowest BCUT2D eigenvalue weighted by Crippen LogP contribution is -1.94. The molecule has 1 N–H and O–H groups in total. The molecule has 0 unspecified atom stereocenters. The molecule has 4 rings (SSSR count). The Morgan fingerprint density at radius 3 is 3.00 bits per heavy atom. The number of methoxy groups -OCH3 is 1. The van der Waals surface area contributed by atoms with E-state index in [4.69, 9.17) is 9.15 Å². The minimum absolute atomic E-state index is 0.648. The topological polar surface area (TPSA) is 60.2 Å². The van der Waals surface area contributed by atoms with Crippen LogP contribution in [0.3, 0.4) is 0 Å². The number of rotatable bonds is 3. The highest BCUT2D eigenvalue weighted by Gasteiger charge is 2.10. The number of hydrogen-bond acceptors (Lipinski definition) is 5. The van der Waals surface area contributed by atoms with E-state index in [1.54, 1.807) is 25.8 Å². The van der Waals surface area contributed by atoms with Crippen molar-refractivity contribution in [3.63, 3.8) is 0 Å². The van der Waals surface area contributed by atoms with Crippen molar-refractivity contribution < 1.29 is 9.15 Å². The molecule has 0 aliphatic carbocycles. The Morgan fingerprint density at radius 2 is 2.09 bits per heavy atom. The van der Waals surface area contributed by atoms with Gasteiger partial charge in [-0.15, -0.1) is 0 Å². The molecule has 1 aromatic carbocycles. The van der Waals surface area contributed by atoms with Gasteiger partial charge in [-0.25, -0.2) is 9.97 Å². The molecule has 0 fully saturated rings. The van der Waals surface area contributed by atoms with E-state index in [0.717, 1.165) is 33.5 Å². The number of ether oxygens (including phenoxy) is 1. The predicted molar refractivity (Wildman–Crippen MR) is 85.6 cm³/mol. The van der Waals surface area contributed by atoms with Crippen LogP contribution < -0.4 is 10.1 Å². The van der Waals surface area contributed by atoms with E-state index in [1.807, 2.05) is 36.4 Å². The van der Waals surface area contributed by atoms with Crippen LogP contribution in [-0.4, -0.2) is 17.1 Å². The van der Waals surface area contributed by atoms with Gasteiger partial charge in [0.2, 0.25) is 0 Å². The van der Waals surface area contributed by atoms with E-state index < -0.39 is 0 Å². The second-order valence-corrected chi connectivity index (χ2v) is 4.88. The molecule has 0 aliphatic rings. The van der Waals surface area contributed by atoms with Gasteiger partial charge in [0.15, 0.2) is 5.65 Å². The normalized spacial score (nSPS) is 11.0. The van der Waals surface area contributed by atoms with Crippen molar-refractivity contribution in [1.29, 1.82) is 0 Å². The fourth-order valence-electron chi connectivity index (χ4n) is 2.49. The van der Waals surface area contributed by atoms with Crippen LogP contribution >= 0.6 is 0 Å². The summed E-state index contributed by atoms with van der Waals surface area (Å²) in [5.74, 6) is 0.796. The van der Waals surface area contributed by atoms with Crippen molar-refractivity contribution >= 4 is 33.4 Å². The molecule has 0 amide bonds. The van der Waals surface area contributed by atoms with Crippen LogP contribution in [0.15, 0.2) is 59.5 Å². The Labute approximate surface area is 126 Å². The largest absolute Gasteiger partial charge is 0.497 e. The molecule has 3 aromatic heterocycles. The van der Waals surface area contributed by atoms with Crippen molar-refractivity contribution in [2.75, 3.05) is 12.4 Å². The number of nitrogens with zero attached hydrogens (tertiary/aromatic N) is 2. The third-order valence-electron chi connectivity index (χ3n) is 3.53. The predicted octanol–water partition coefficient (Wildman–Crippen LogP) is 4.13. The minimum Gasteiger partial charge on any atom is -0.497 e. The summed E-state index contributed by atoms with van der Waals surface area (Å²) in [5.41, 5.74) is 3.25. The molecule has 5 heteroatoms. The summed E-state index contributed by atoms with van der Waals surface area (Å²) in [6.45, 7) is 0. The number of furan rings is 1. The third kappa shape index (κ3) is 2.03. The first-order chi connectivity index (χ1) is 10.8. The quantitative estimate of drug-likeness (QED) is 0.615. The maximum atomic E-state index is 5.61. The first-order valence-electron chi connectivity index (χ1n) is 6.87. The van der Waals surface area contributed by atoms with Gasteiger partial charge in [0.25, 0.3) is 0 Å². The lowest BCUT2D eigenvalue weighted by molar-refractivity contribution is 0.415. The molecule has 0 aliphatic heterocycles. The van der Waals surface area contributed by atoms with Gasteiger partial charge in [0.05, 0.1) is 24.4 Å². The molecule has 3 heterocycles. The third-order valence-corrected chi connectivity index (χ3v) is 3.53. The summed E-state index contributed by atoms with van der Waals surface area (Å²) in [6.07, 6.45) is 5.16. The minimum atomic E-state index is 0.648. The summed E-state index contributed by atoms with van der Waals surface area (Å²) in [4.78, 5) is 8.69. The van der Waals surface area contributed by atoms with E-state index in [9.17, 15) is 0 Å². The molecule has 0 radical (unpaired) electrons. The summed E-state index contributed by atoms with van der Waals surface area (Å²) in [6, 6.07) is 11.6. The van der Waals surface area contributed by atoms with Crippen LogP contribution in [0.25, 0.3) is 22.0 Å². The number of pyridine rings is 2. The second kappa shape index (κ2) is 5.04. The van der Waals surface area contributed by atoms with Crippen LogP contribution in [0.1, 0.15) is 0 Å². The monoisotopic (exact) mass is 291 g/mol. The van der Waals surface area contributed by atoms with E-state index in [2.05, 4.69) is 15.3 Å². The molecule has 108 valence electrons. The maximum absolute atomic E-state index is 5.61. The Bertz CT molecular complexity index is 962. The SMILES string of the molecule is COc1cccc(Nc2ccnc3ncc4ccoc4c23)c1. The van der Waals surface area contributed by atoms with Gasteiger partial charge in [-0.05, 0) is 24.3 Å². The summed E-state index contributed by atoms with van der Waals surface area (Å²) in [7, 11) is 1.65. The fraction of sp³-hybridized carbons (Fsp3) is 0.0588. The summed E-state index contributed by atoms with van der Waals surface area (Å²) >= 11 is 0. The zero-order valence-electron chi connectivity index (χ0n) is 11.9. The molecule has 5 nitrogen and oxygen atoms in total. The van der Waals surface area contributed by atoms with Gasteiger partial charge in [-0.2, -0.15) is 0 Å². The number of anilines is 2. The molecule has 0 bridgehead atoms. The second-order valence-electron chi connectivity index (χ2n) is 4.88. The van der Waals surface area contributed by atoms with Gasteiger partial charge in [0.1, 0.15) is 11.3 Å². The van der Waals surface area contributed by atoms with Crippen LogP contribution in [0.4, 0.5) is 11.4 Å². The molecule has 0 saturated heterocycles. The Balaban J connectivity index is 1.88. The van der Waals surface area contributed by atoms with Gasteiger partial charge in [-0.3, -0.25) is 0 Å². The summed E-state index contributed by atoms with van der Waals surface area (Å²) < 4.78 is 10.9. The van der Waals surface area contributed by atoms with Crippen LogP contribution in [-0.2, 0) is 0 Å². The fourth-order valence-corrected chi connectivity index (χ4v) is 2.49. The van der Waals surface area contributed by atoms with E-state index >= 15 is 0 Å². The van der Waals surface area contributed by atoms with Crippen molar-refractivity contribution in [2.45, 2.75) is 0 Å². The summed E-state index contributed by atoms with van der Waals surface area (Å²) in [5, 5.41) is 5.20. The average molecular weight is 291 g/mol. The first kappa shape index (κ1) is 12.6. The highest BCUT2D eigenvalue weighted by Crippen LogP contribution is 2.31. The molecule has 4 aromatic rings. The number of nitrogens with one attached hydrogen (secondary N) is 1. The van der Waals surface area contributed by atoms with Crippen LogP contribution in [0.2, 0.25) is 0 Å².